The van der Waals surface area contributed by atoms with E-state index in [1.807, 2.05) is 0 Å². The van der Waals surface area contributed by atoms with Crippen LogP contribution in [0.3, 0.4) is 0 Å². The molecule has 1 unspecified atom stereocenters. The van der Waals surface area contributed by atoms with Crippen LogP contribution < -0.4 is 0 Å². The number of nitro groups is 1. The number of aryl methyl sites for hydroxylation is 1. The van der Waals surface area contributed by atoms with Gasteiger partial charge in [0.15, 0.2) is 5.60 Å². The van der Waals surface area contributed by atoms with Crippen LogP contribution in [-0.2, 0) is 20.7 Å². The van der Waals surface area contributed by atoms with Crippen molar-refractivity contribution in [3.05, 3.63) is 39.9 Å². The first-order valence-electron chi connectivity index (χ1n) is 7.72. The average molecular weight is 323 g/mol. The minimum atomic E-state index is -0.921. The molecule has 0 bridgehead atoms. The first-order valence-corrected chi connectivity index (χ1v) is 7.72. The van der Waals surface area contributed by atoms with Crippen molar-refractivity contribution in [2.45, 2.75) is 37.7 Å². The van der Waals surface area contributed by atoms with Gasteiger partial charge >= 0.3 is 5.97 Å². The Morgan fingerprint density at radius 2 is 1.91 bits per heavy atom. The first kappa shape index (κ1) is 17.4. The SMILES string of the molecule is O=C(O)C1(CCCCOCCCc2ccc([N+](=O)[O-])cc2)CO1. The minimum Gasteiger partial charge on any atom is -0.479 e. The van der Waals surface area contributed by atoms with Crippen LogP contribution in [0.25, 0.3) is 0 Å². The third kappa shape index (κ3) is 5.30. The standard InChI is InChI=1S/C16H21NO6/c18-15(19)16(12-23-16)9-1-2-10-22-11-3-4-13-5-7-14(8-6-13)17(20)21/h5-8H,1-4,9-12H2,(H,18,19). The van der Waals surface area contributed by atoms with Crippen LogP contribution in [-0.4, -0.2) is 41.4 Å². The smallest absolute Gasteiger partial charge is 0.338 e. The summed E-state index contributed by atoms with van der Waals surface area (Å²) in [7, 11) is 0. The number of aliphatic carboxylic acids is 1. The molecule has 1 fully saturated rings. The van der Waals surface area contributed by atoms with Gasteiger partial charge in [0.2, 0.25) is 0 Å². The number of unbranched alkanes of at least 4 members (excludes halogenated alkanes) is 1. The molecule has 1 saturated heterocycles. The van der Waals surface area contributed by atoms with Gasteiger partial charge in [-0.2, -0.15) is 0 Å². The van der Waals surface area contributed by atoms with Crippen LogP contribution in [0.5, 0.6) is 0 Å². The van der Waals surface area contributed by atoms with Gasteiger partial charge in [-0.25, -0.2) is 4.79 Å². The van der Waals surface area contributed by atoms with Gasteiger partial charge in [0, 0.05) is 25.3 Å². The number of nitro benzene ring substituents is 1. The van der Waals surface area contributed by atoms with E-state index in [-0.39, 0.29) is 5.69 Å². The number of carbonyl (C=O) groups is 1. The number of rotatable bonds is 11. The topological polar surface area (TPSA) is 102 Å². The van der Waals surface area contributed by atoms with E-state index in [9.17, 15) is 14.9 Å². The normalized spacial score (nSPS) is 19.5. The molecule has 126 valence electrons. The molecular formula is C16H21NO6. The molecule has 0 spiro atoms. The molecule has 7 heteroatoms. The summed E-state index contributed by atoms with van der Waals surface area (Å²) in [5, 5.41) is 19.5. The van der Waals surface area contributed by atoms with Gasteiger partial charge in [-0.3, -0.25) is 10.1 Å². The molecule has 1 aromatic carbocycles. The number of hydrogen-bond donors (Lipinski definition) is 1. The highest BCUT2D eigenvalue weighted by Gasteiger charge is 2.51. The van der Waals surface area contributed by atoms with Crippen LogP contribution in [0.4, 0.5) is 5.69 Å². The van der Waals surface area contributed by atoms with Gasteiger partial charge in [-0.05, 0) is 37.7 Å². The highest BCUT2D eigenvalue weighted by molar-refractivity contribution is 5.80. The number of nitrogens with zero attached hydrogens (tertiary/aromatic N) is 1. The predicted octanol–water partition coefficient (Wildman–Crippen LogP) is 2.57. The zero-order valence-electron chi connectivity index (χ0n) is 12.9. The van der Waals surface area contributed by atoms with Crippen LogP contribution in [0, 0.1) is 10.1 Å². The maximum absolute atomic E-state index is 10.9. The molecule has 1 aliphatic heterocycles. The van der Waals surface area contributed by atoms with Gasteiger partial charge in [-0.15, -0.1) is 0 Å². The summed E-state index contributed by atoms with van der Waals surface area (Å²) in [6.45, 7) is 1.55. The molecule has 0 aliphatic carbocycles. The number of benzene rings is 1. The van der Waals surface area contributed by atoms with Crippen LogP contribution in [0.1, 0.15) is 31.2 Å². The lowest BCUT2D eigenvalue weighted by Crippen LogP contribution is -2.23. The van der Waals surface area contributed by atoms with Gasteiger partial charge < -0.3 is 14.6 Å². The lowest BCUT2D eigenvalue weighted by Gasteiger charge is -2.07. The molecule has 0 aromatic heterocycles. The number of carboxylic acid groups (broad SMARTS) is 1. The Kier molecular flexibility index (Phi) is 6.06. The van der Waals surface area contributed by atoms with Crippen molar-refractivity contribution >= 4 is 11.7 Å². The summed E-state index contributed by atoms with van der Waals surface area (Å²) in [5.41, 5.74) is 0.230. The molecule has 1 aliphatic rings. The molecule has 0 amide bonds. The molecule has 7 nitrogen and oxygen atoms in total. The maximum Gasteiger partial charge on any atom is 0.338 e. The third-order valence-electron chi connectivity index (χ3n) is 3.90. The summed E-state index contributed by atoms with van der Waals surface area (Å²) in [5.74, 6) is -0.874. The number of non-ortho nitro benzene ring substituents is 1. The lowest BCUT2D eigenvalue weighted by atomic mass is 10.0. The van der Waals surface area contributed by atoms with Gasteiger partial charge in [0.05, 0.1) is 11.5 Å². The summed E-state index contributed by atoms with van der Waals surface area (Å²) in [6, 6.07) is 6.54. The summed E-state index contributed by atoms with van der Waals surface area (Å²) in [6.07, 6.45) is 3.78. The van der Waals surface area contributed by atoms with Crippen molar-refractivity contribution in [3.63, 3.8) is 0 Å². The Morgan fingerprint density at radius 1 is 1.26 bits per heavy atom. The quantitative estimate of drug-likeness (QED) is 0.290. The number of hydrogen-bond acceptors (Lipinski definition) is 5. The fourth-order valence-corrected chi connectivity index (χ4v) is 2.34. The van der Waals surface area contributed by atoms with Crippen LogP contribution in [0.15, 0.2) is 24.3 Å². The molecule has 1 heterocycles. The Labute approximate surface area is 134 Å². The average Bonchev–Trinajstić information content (AvgIpc) is 3.31. The van der Waals surface area contributed by atoms with Crippen molar-refractivity contribution in [1.29, 1.82) is 0 Å². The Hall–Kier alpha value is -1.99. The second-order valence-corrected chi connectivity index (χ2v) is 5.68. The van der Waals surface area contributed by atoms with Crippen molar-refractivity contribution < 1.29 is 24.3 Å². The largest absolute Gasteiger partial charge is 0.479 e. The zero-order valence-corrected chi connectivity index (χ0v) is 12.9. The monoisotopic (exact) mass is 323 g/mol. The van der Waals surface area contributed by atoms with E-state index < -0.39 is 16.5 Å². The van der Waals surface area contributed by atoms with E-state index >= 15 is 0 Å². The molecule has 1 aromatic rings. The molecule has 0 radical (unpaired) electrons. The van der Waals surface area contributed by atoms with E-state index in [2.05, 4.69) is 0 Å². The molecule has 1 N–H and O–H groups in total. The number of carboxylic acids is 1. The Balaban J connectivity index is 1.49. The second kappa shape index (κ2) is 8.03. The van der Waals surface area contributed by atoms with E-state index in [0.29, 0.717) is 26.2 Å². The van der Waals surface area contributed by atoms with Crippen molar-refractivity contribution in [2.75, 3.05) is 19.8 Å². The number of epoxide rings is 1. The fraction of sp³-hybridized carbons (Fsp3) is 0.562. The minimum absolute atomic E-state index is 0.101. The summed E-state index contributed by atoms with van der Waals surface area (Å²) in [4.78, 5) is 21.0. The lowest BCUT2D eigenvalue weighted by molar-refractivity contribution is -0.384. The Morgan fingerprint density at radius 3 is 2.48 bits per heavy atom. The van der Waals surface area contributed by atoms with E-state index in [0.717, 1.165) is 31.2 Å². The summed E-state index contributed by atoms with van der Waals surface area (Å²) < 4.78 is 10.5. The predicted molar refractivity (Wildman–Crippen MR) is 82.4 cm³/mol. The van der Waals surface area contributed by atoms with Gasteiger partial charge in [0.1, 0.15) is 0 Å². The third-order valence-corrected chi connectivity index (χ3v) is 3.90. The van der Waals surface area contributed by atoms with Crippen molar-refractivity contribution in [3.8, 4) is 0 Å². The molecular weight excluding hydrogens is 302 g/mol. The van der Waals surface area contributed by atoms with Gasteiger partial charge in [0.25, 0.3) is 5.69 Å². The molecule has 2 rings (SSSR count). The van der Waals surface area contributed by atoms with Crippen molar-refractivity contribution in [1.82, 2.24) is 0 Å². The van der Waals surface area contributed by atoms with Crippen LogP contribution >= 0.6 is 0 Å². The van der Waals surface area contributed by atoms with E-state index in [4.69, 9.17) is 14.6 Å². The summed E-state index contributed by atoms with van der Waals surface area (Å²) >= 11 is 0. The first-order chi connectivity index (χ1) is 11.0. The van der Waals surface area contributed by atoms with Crippen molar-refractivity contribution in [2.24, 2.45) is 0 Å². The maximum atomic E-state index is 10.9. The molecule has 1 atom stereocenters. The Bertz CT molecular complexity index is 538. The van der Waals surface area contributed by atoms with E-state index in [1.54, 1.807) is 12.1 Å². The molecule has 0 saturated carbocycles. The van der Waals surface area contributed by atoms with E-state index in [1.165, 1.54) is 12.1 Å². The number of ether oxygens (including phenoxy) is 2. The molecule has 23 heavy (non-hydrogen) atoms. The van der Waals surface area contributed by atoms with Crippen LogP contribution in [0.2, 0.25) is 0 Å². The van der Waals surface area contributed by atoms with Gasteiger partial charge in [-0.1, -0.05) is 12.1 Å². The zero-order chi connectivity index (χ0) is 16.7. The fourth-order valence-electron chi connectivity index (χ4n) is 2.34. The highest BCUT2D eigenvalue weighted by atomic mass is 16.6. The highest BCUT2D eigenvalue weighted by Crippen LogP contribution is 2.32. The second-order valence-electron chi connectivity index (χ2n) is 5.68.